The summed E-state index contributed by atoms with van der Waals surface area (Å²) in [5, 5.41) is 19.8. The molecule has 1 rings (SSSR count). The SMILES string of the molecule is Cc1cc(OCCO)cc(C)c1[O]. The van der Waals surface area contributed by atoms with Gasteiger partial charge in [-0.25, -0.2) is 0 Å². The van der Waals surface area contributed by atoms with Crippen molar-refractivity contribution >= 4 is 0 Å². The quantitative estimate of drug-likeness (QED) is 0.773. The Morgan fingerprint density at radius 2 is 1.85 bits per heavy atom. The average Bonchev–Trinajstić information content (AvgIpc) is 2.10. The van der Waals surface area contributed by atoms with Gasteiger partial charge in [-0.3, -0.25) is 5.11 Å². The molecule has 0 fully saturated rings. The highest BCUT2D eigenvalue weighted by Crippen LogP contribution is 2.27. The number of ether oxygens (including phenoxy) is 1. The lowest BCUT2D eigenvalue weighted by Crippen LogP contribution is -2.01. The lowest BCUT2D eigenvalue weighted by molar-refractivity contribution is 0.201. The largest absolute Gasteiger partial charge is 0.491 e. The third kappa shape index (κ3) is 2.36. The number of rotatable bonds is 3. The van der Waals surface area contributed by atoms with Crippen LogP contribution in [0.5, 0.6) is 11.5 Å². The van der Waals surface area contributed by atoms with Crippen LogP contribution < -0.4 is 4.74 Å². The van der Waals surface area contributed by atoms with Crippen LogP contribution >= 0.6 is 0 Å². The highest BCUT2D eigenvalue weighted by molar-refractivity contribution is 5.44. The Kier molecular flexibility index (Phi) is 3.14. The number of aryl methyl sites for hydroxylation is 2. The van der Waals surface area contributed by atoms with E-state index in [0.29, 0.717) is 16.9 Å². The van der Waals surface area contributed by atoms with E-state index in [1.807, 2.05) is 0 Å². The van der Waals surface area contributed by atoms with Crippen LogP contribution in [-0.4, -0.2) is 18.3 Å². The van der Waals surface area contributed by atoms with E-state index in [9.17, 15) is 5.11 Å². The Morgan fingerprint density at radius 3 is 2.31 bits per heavy atom. The summed E-state index contributed by atoms with van der Waals surface area (Å²) in [6.45, 7) is 3.75. The van der Waals surface area contributed by atoms with Gasteiger partial charge in [0.05, 0.1) is 6.61 Å². The van der Waals surface area contributed by atoms with Crippen molar-refractivity contribution in [2.75, 3.05) is 13.2 Å². The first-order valence-electron chi connectivity index (χ1n) is 4.17. The average molecular weight is 181 g/mol. The molecular weight excluding hydrogens is 168 g/mol. The molecular formula is C10H13O3. The van der Waals surface area contributed by atoms with Gasteiger partial charge in [-0.05, 0) is 26.0 Å². The van der Waals surface area contributed by atoms with Crippen molar-refractivity contribution in [2.24, 2.45) is 0 Å². The fourth-order valence-corrected chi connectivity index (χ4v) is 1.16. The number of aliphatic hydroxyl groups is 1. The lowest BCUT2D eigenvalue weighted by Gasteiger charge is -2.07. The molecule has 0 saturated heterocycles. The molecule has 13 heavy (non-hydrogen) atoms. The van der Waals surface area contributed by atoms with Crippen molar-refractivity contribution in [1.82, 2.24) is 0 Å². The summed E-state index contributed by atoms with van der Waals surface area (Å²) in [5.74, 6) is 0.694. The van der Waals surface area contributed by atoms with Gasteiger partial charge in [-0.2, -0.15) is 0 Å². The third-order valence-electron chi connectivity index (χ3n) is 1.79. The van der Waals surface area contributed by atoms with Crippen LogP contribution in [0.25, 0.3) is 0 Å². The van der Waals surface area contributed by atoms with E-state index in [-0.39, 0.29) is 19.0 Å². The summed E-state index contributed by atoms with van der Waals surface area (Å²) in [4.78, 5) is 0. The summed E-state index contributed by atoms with van der Waals surface area (Å²) in [6, 6.07) is 3.37. The Hall–Kier alpha value is -1.22. The predicted octanol–water partition coefficient (Wildman–Crippen LogP) is 1.82. The van der Waals surface area contributed by atoms with E-state index >= 15 is 0 Å². The summed E-state index contributed by atoms with van der Waals surface area (Å²) in [7, 11) is 0. The summed E-state index contributed by atoms with van der Waals surface area (Å²) < 4.78 is 5.18. The van der Waals surface area contributed by atoms with Crippen LogP contribution in [0.3, 0.4) is 0 Å². The lowest BCUT2D eigenvalue weighted by atomic mass is 10.1. The summed E-state index contributed by atoms with van der Waals surface area (Å²) in [5.41, 5.74) is 1.35. The van der Waals surface area contributed by atoms with Gasteiger partial charge in [0.25, 0.3) is 0 Å². The molecule has 0 aliphatic rings. The highest BCUT2D eigenvalue weighted by Gasteiger charge is 2.05. The molecule has 1 radical (unpaired) electrons. The maximum atomic E-state index is 11.3. The summed E-state index contributed by atoms with van der Waals surface area (Å²) in [6.07, 6.45) is 0. The van der Waals surface area contributed by atoms with Crippen LogP contribution in [0.15, 0.2) is 12.1 Å². The molecule has 0 unspecified atom stereocenters. The number of hydrogen-bond donors (Lipinski definition) is 1. The van der Waals surface area contributed by atoms with Crippen molar-refractivity contribution in [3.05, 3.63) is 23.3 Å². The van der Waals surface area contributed by atoms with Gasteiger partial charge in [-0.15, -0.1) is 0 Å². The molecule has 0 amide bonds. The molecule has 1 aromatic rings. The summed E-state index contributed by atoms with van der Waals surface area (Å²) >= 11 is 0. The van der Waals surface area contributed by atoms with Crippen molar-refractivity contribution in [3.8, 4) is 11.5 Å². The maximum absolute atomic E-state index is 11.3. The number of hydrogen-bond acceptors (Lipinski definition) is 2. The molecule has 1 aromatic carbocycles. The van der Waals surface area contributed by atoms with Crippen LogP contribution in [0.4, 0.5) is 0 Å². The van der Waals surface area contributed by atoms with Gasteiger partial charge in [0.1, 0.15) is 12.4 Å². The minimum atomic E-state index is -0.0166. The second-order valence-corrected chi connectivity index (χ2v) is 2.96. The van der Waals surface area contributed by atoms with Crippen LogP contribution in [0.2, 0.25) is 0 Å². The fraction of sp³-hybridized carbons (Fsp3) is 0.400. The standard InChI is InChI=1S/C10H13O3/c1-7-5-9(13-4-3-11)6-8(2)10(7)12/h5-6,11H,3-4H2,1-2H3. The van der Waals surface area contributed by atoms with E-state index in [0.717, 1.165) is 0 Å². The predicted molar refractivity (Wildman–Crippen MR) is 48.6 cm³/mol. The van der Waals surface area contributed by atoms with Crippen molar-refractivity contribution in [1.29, 1.82) is 0 Å². The van der Waals surface area contributed by atoms with Gasteiger partial charge >= 0.3 is 0 Å². The number of aliphatic hydroxyl groups excluding tert-OH is 1. The molecule has 0 atom stereocenters. The van der Waals surface area contributed by atoms with Crippen molar-refractivity contribution in [3.63, 3.8) is 0 Å². The van der Waals surface area contributed by atoms with Gasteiger partial charge in [-0.1, -0.05) is 0 Å². The molecule has 3 heteroatoms. The molecule has 3 nitrogen and oxygen atoms in total. The fourth-order valence-electron chi connectivity index (χ4n) is 1.16. The zero-order chi connectivity index (χ0) is 9.84. The smallest absolute Gasteiger partial charge is 0.184 e. The van der Waals surface area contributed by atoms with Gasteiger partial charge < -0.3 is 9.84 Å². The molecule has 0 heterocycles. The van der Waals surface area contributed by atoms with E-state index in [1.54, 1.807) is 26.0 Å². The normalized spacial score (nSPS) is 10.1. The second kappa shape index (κ2) is 4.14. The molecule has 0 aliphatic carbocycles. The molecule has 0 aromatic heterocycles. The van der Waals surface area contributed by atoms with Gasteiger partial charge in [0, 0.05) is 11.1 Å². The molecule has 0 aliphatic heterocycles. The Bertz CT molecular complexity index is 271. The van der Waals surface area contributed by atoms with E-state index in [2.05, 4.69) is 0 Å². The highest BCUT2D eigenvalue weighted by atomic mass is 16.5. The van der Waals surface area contributed by atoms with Crippen LogP contribution in [0, 0.1) is 13.8 Å². The van der Waals surface area contributed by atoms with E-state index in [4.69, 9.17) is 9.84 Å². The first-order valence-corrected chi connectivity index (χ1v) is 4.17. The Morgan fingerprint density at radius 1 is 1.31 bits per heavy atom. The maximum Gasteiger partial charge on any atom is 0.184 e. The molecule has 71 valence electrons. The zero-order valence-corrected chi connectivity index (χ0v) is 7.83. The zero-order valence-electron chi connectivity index (χ0n) is 7.83. The first kappa shape index (κ1) is 9.86. The first-order chi connectivity index (χ1) is 6.15. The van der Waals surface area contributed by atoms with E-state index < -0.39 is 0 Å². The third-order valence-corrected chi connectivity index (χ3v) is 1.79. The minimum absolute atomic E-state index is 0.0166. The molecule has 0 spiro atoms. The van der Waals surface area contributed by atoms with Crippen molar-refractivity contribution in [2.45, 2.75) is 13.8 Å². The van der Waals surface area contributed by atoms with Gasteiger partial charge in [0.15, 0.2) is 5.75 Å². The minimum Gasteiger partial charge on any atom is -0.491 e. The van der Waals surface area contributed by atoms with Gasteiger partial charge in [0.2, 0.25) is 0 Å². The monoisotopic (exact) mass is 181 g/mol. The van der Waals surface area contributed by atoms with E-state index in [1.165, 1.54) is 0 Å². The Balaban J connectivity index is 2.86. The second-order valence-electron chi connectivity index (χ2n) is 2.96. The molecule has 0 bridgehead atoms. The van der Waals surface area contributed by atoms with Crippen LogP contribution in [-0.2, 0) is 5.11 Å². The topological polar surface area (TPSA) is 49.4 Å². The van der Waals surface area contributed by atoms with Crippen LogP contribution in [0.1, 0.15) is 11.1 Å². The molecule has 1 N–H and O–H groups in total. The number of benzene rings is 1. The Labute approximate surface area is 77.6 Å². The molecule has 0 saturated carbocycles. The van der Waals surface area contributed by atoms with Crippen molar-refractivity contribution < 1.29 is 14.9 Å².